The van der Waals surface area contributed by atoms with E-state index >= 15 is 0 Å². The van der Waals surface area contributed by atoms with Crippen LogP contribution >= 0.6 is 0 Å². The Balaban J connectivity index is 2.17. The summed E-state index contributed by atoms with van der Waals surface area (Å²) >= 11 is 0. The third-order valence-corrected chi connectivity index (χ3v) is 4.76. The van der Waals surface area contributed by atoms with Crippen LogP contribution in [0, 0.1) is 5.82 Å². The van der Waals surface area contributed by atoms with Crippen LogP contribution in [0.1, 0.15) is 19.3 Å². The molecule has 0 amide bonds. The summed E-state index contributed by atoms with van der Waals surface area (Å²) in [5.41, 5.74) is 0.183. The van der Waals surface area contributed by atoms with Crippen LogP contribution in [0.2, 0.25) is 0 Å². The third kappa shape index (κ3) is 3.43. The van der Waals surface area contributed by atoms with Gasteiger partial charge in [-0.2, -0.15) is 12.7 Å². The Hall–Kier alpha value is -1.18. The molecule has 7 heteroatoms. The number of nitrogens with zero attached hydrogens (tertiary/aromatic N) is 1. The number of aliphatic hydroxyl groups excluding tert-OH is 1. The summed E-state index contributed by atoms with van der Waals surface area (Å²) in [5.74, 6) is -0.502. The Bertz CT molecular complexity index is 536. The molecule has 1 aromatic carbocycles. The lowest BCUT2D eigenvalue weighted by Crippen LogP contribution is -2.47. The molecule has 2 rings (SSSR count). The lowest BCUT2D eigenvalue weighted by atomic mass is 10.1. The molecule has 1 aliphatic rings. The van der Waals surface area contributed by atoms with Crippen molar-refractivity contribution in [2.45, 2.75) is 25.3 Å². The first kappa shape index (κ1) is 14.2. The summed E-state index contributed by atoms with van der Waals surface area (Å²) in [5, 5.41) is 9.24. The number of anilines is 1. The molecular formula is C12H17FN2O3S. The fraction of sp³-hybridized carbons (Fsp3) is 0.500. The van der Waals surface area contributed by atoms with Crippen molar-refractivity contribution in [2.75, 3.05) is 17.9 Å². The third-order valence-electron chi connectivity index (χ3n) is 3.16. The highest BCUT2D eigenvalue weighted by atomic mass is 32.2. The van der Waals surface area contributed by atoms with Crippen LogP contribution in [-0.2, 0) is 10.2 Å². The zero-order chi connectivity index (χ0) is 13.9. The van der Waals surface area contributed by atoms with Crippen LogP contribution in [0.15, 0.2) is 24.3 Å². The van der Waals surface area contributed by atoms with Gasteiger partial charge in [0, 0.05) is 12.6 Å². The second kappa shape index (κ2) is 5.85. The van der Waals surface area contributed by atoms with E-state index in [2.05, 4.69) is 4.72 Å². The molecule has 2 N–H and O–H groups in total. The van der Waals surface area contributed by atoms with Gasteiger partial charge in [0.05, 0.1) is 12.3 Å². The van der Waals surface area contributed by atoms with E-state index in [0.29, 0.717) is 13.0 Å². The molecule has 0 radical (unpaired) electrons. The standard InChI is InChI=1S/C12H17FN2O3S/c13-10-4-3-5-11(8-10)14-19(17,18)15-7-2-1-6-12(15)9-16/h3-5,8,12,14,16H,1-2,6-7,9H2. The van der Waals surface area contributed by atoms with E-state index < -0.39 is 22.1 Å². The van der Waals surface area contributed by atoms with Gasteiger partial charge >= 0.3 is 10.2 Å². The quantitative estimate of drug-likeness (QED) is 0.878. The molecule has 1 aromatic rings. The molecule has 1 unspecified atom stereocenters. The highest BCUT2D eigenvalue weighted by molar-refractivity contribution is 7.90. The summed E-state index contributed by atoms with van der Waals surface area (Å²) < 4.78 is 41.1. The number of hydrogen-bond acceptors (Lipinski definition) is 3. The Morgan fingerprint density at radius 2 is 2.21 bits per heavy atom. The van der Waals surface area contributed by atoms with E-state index in [1.54, 1.807) is 0 Å². The van der Waals surface area contributed by atoms with Crippen molar-refractivity contribution in [3.8, 4) is 0 Å². The largest absolute Gasteiger partial charge is 0.395 e. The summed E-state index contributed by atoms with van der Waals surface area (Å²) in [6.45, 7) is 0.167. The molecule has 1 fully saturated rings. The first-order valence-electron chi connectivity index (χ1n) is 6.19. The molecule has 106 valence electrons. The van der Waals surface area contributed by atoms with E-state index in [1.165, 1.54) is 22.5 Å². The van der Waals surface area contributed by atoms with Crippen molar-refractivity contribution in [3.63, 3.8) is 0 Å². The van der Waals surface area contributed by atoms with Crippen LogP contribution in [0.4, 0.5) is 10.1 Å². The van der Waals surface area contributed by atoms with Gasteiger partial charge < -0.3 is 5.11 Å². The lowest BCUT2D eigenvalue weighted by Gasteiger charge is -2.33. The molecule has 1 heterocycles. The fourth-order valence-electron chi connectivity index (χ4n) is 2.23. The molecule has 0 saturated carbocycles. The minimum Gasteiger partial charge on any atom is -0.395 e. The predicted octanol–water partition coefficient (Wildman–Crippen LogP) is 1.33. The van der Waals surface area contributed by atoms with Gasteiger partial charge in [-0.05, 0) is 31.0 Å². The Kier molecular flexibility index (Phi) is 4.38. The molecular weight excluding hydrogens is 271 g/mol. The molecule has 19 heavy (non-hydrogen) atoms. The minimum absolute atomic E-state index is 0.183. The number of aliphatic hydroxyl groups is 1. The van der Waals surface area contributed by atoms with Crippen LogP contribution in [0.5, 0.6) is 0 Å². The normalized spacial score (nSPS) is 21.3. The van der Waals surface area contributed by atoms with Gasteiger partial charge in [-0.1, -0.05) is 12.5 Å². The minimum atomic E-state index is -3.76. The number of rotatable bonds is 4. The summed E-state index contributed by atoms with van der Waals surface area (Å²) in [6.07, 6.45) is 2.30. The van der Waals surface area contributed by atoms with Crippen molar-refractivity contribution in [2.24, 2.45) is 0 Å². The molecule has 1 saturated heterocycles. The Morgan fingerprint density at radius 1 is 1.42 bits per heavy atom. The average Bonchev–Trinajstić information content (AvgIpc) is 2.38. The van der Waals surface area contributed by atoms with E-state index in [-0.39, 0.29) is 12.3 Å². The van der Waals surface area contributed by atoms with Gasteiger partial charge in [-0.15, -0.1) is 0 Å². The van der Waals surface area contributed by atoms with E-state index in [4.69, 9.17) is 0 Å². The maximum absolute atomic E-state index is 13.0. The first-order chi connectivity index (χ1) is 9.03. The number of hydrogen-bond donors (Lipinski definition) is 2. The van der Waals surface area contributed by atoms with Crippen molar-refractivity contribution in [3.05, 3.63) is 30.1 Å². The van der Waals surface area contributed by atoms with E-state index in [0.717, 1.165) is 18.9 Å². The highest BCUT2D eigenvalue weighted by Gasteiger charge is 2.31. The second-order valence-electron chi connectivity index (χ2n) is 4.56. The van der Waals surface area contributed by atoms with Crippen molar-refractivity contribution >= 4 is 15.9 Å². The molecule has 1 atom stereocenters. The van der Waals surface area contributed by atoms with Crippen molar-refractivity contribution in [1.82, 2.24) is 4.31 Å². The van der Waals surface area contributed by atoms with Crippen LogP contribution in [0.3, 0.4) is 0 Å². The van der Waals surface area contributed by atoms with Gasteiger partial charge in [-0.3, -0.25) is 4.72 Å². The smallest absolute Gasteiger partial charge is 0.301 e. The molecule has 0 aliphatic carbocycles. The molecule has 0 bridgehead atoms. The van der Waals surface area contributed by atoms with Gasteiger partial charge in [0.25, 0.3) is 0 Å². The average molecular weight is 288 g/mol. The predicted molar refractivity (Wildman–Crippen MR) is 70.4 cm³/mol. The monoisotopic (exact) mass is 288 g/mol. The molecule has 0 spiro atoms. The zero-order valence-electron chi connectivity index (χ0n) is 10.4. The van der Waals surface area contributed by atoms with Crippen LogP contribution < -0.4 is 4.72 Å². The van der Waals surface area contributed by atoms with Gasteiger partial charge in [-0.25, -0.2) is 4.39 Å². The number of piperidine rings is 1. The van der Waals surface area contributed by atoms with Crippen molar-refractivity contribution in [1.29, 1.82) is 0 Å². The maximum atomic E-state index is 13.0. The van der Waals surface area contributed by atoms with Gasteiger partial charge in [0.1, 0.15) is 5.82 Å². The van der Waals surface area contributed by atoms with Crippen LogP contribution in [0.25, 0.3) is 0 Å². The topological polar surface area (TPSA) is 69.6 Å². The molecule has 1 aliphatic heterocycles. The SMILES string of the molecule is O=S(=O)(Nc1cccc(F)c1)N1CCCCC1CO. The number of nitrogens with one attached hydrogen (secondary N) is 1. The number of benzene rings is 1. The van der Waals surface area contributed by atoms with Gasteiger partial charge in [0.2, 0.25) is 0 Å². The van der Waals surface area contributed by atoms with Crippen molar-refractivity contribution < 1.29 is 17.9 Å². The Labute approximate surface area is 112 Å². The summed E-state index contributed by atoms with van der Waals surface area (Å²) in [7, 11) is -3.76. The van der Waals surface area contributed by atoms with Gasteiger partial charge in [0.15, 0.2) is 0 Å². The Morgan fingerprint density at radius 3 is 2.89 bits per heavy atom. The fourth-order valence-corrected chi connectivity index (χ4v) is 3.71. The molecule has 5 nitrogen and oxygen atoms in total. The summed E-state index contributed by atoms with van der Waals surface area (Å²) in [6, 6.07) is 4.88. The molecule has 0 aromatic heterocycles. The lowest BCUT2D eigenvalue weighted by molar-refractivity contribution is 0.156. The number of halogens is 1. The summed E-state index contributed by atoms with van der Waals surface area (Å²) in [4.78, 5) is 0. The van der Waals surface area contributed by atoms with Crippen LogP contribution in [-0.4, -0.2) is 37.0 Å². The first-order valence-corrected chi connectivity index (χ1v) is 7.63. The van der Waals surface area contributed by atoms with E-state index in [1.807, 2.05) is 0 Å². The maximum Gasteiger partial charge on any atom is 0.301 e. The highest BCUT2D eigenvalue weighted by Crippen LogP contribution is 2.22. The second-order valence-corrected chi connectivity index (χ2v) is 6.18. The zero-order valence-corrected chi connectivity index (χ0v) is 11.2. The van der Waals surface area contributed by atoms with E-state index in [9.17, 15) is 17.9 Å².